The highest BCUT2D eigenvalue weighted by Crippen LogP contribution is 2.15. The van der Waals surface area contributed by atoms with Crippen molar-refractivity contribution < 1.29 is 9.90 Å². The smallest absolute Gasteiger partial charge is 0.337 e. The molecule has 0 amide bonds. The second kappa shape index (κ2) is 3.65. The maximum absolute atomic E-state index is 11.0. The zero-order valence-corrected chi connectivity index (χ0v) is 8.27. The molecule has 2 aromatic rings. The van der Waals surface area contributed by atoms with Crippen molar-refractivity contribution in [1.82, 2.24) is 9.97 Å². The molecule has 0 atom stereocenters. The van der Waals surface area contributed by atoms with Crippen LogP contribution in [-0.2, 0) is 6.42 Å². The lowest BCUT2D eigenvalue weighted by molar-refractivity contribution is 0.0695. The van der Waals surface area contributed by atoms with Gasteiger partial charge in [0, 0.05) is 11.6 Å². The van der Waals surface area contributed by atoms with Crippen LogP contribution in [-0.4, -0.2) is 21.0 Å². The van der Waals surface area contributed by atoms with Gasteiger partial charge in [-0.25, -0.2) is 14.8 Å². The van der Waals surface area contributed by atoms with Crippen molar-refractivity contribution in [1.29, 1.82) is 0 Å². The monoisotopic (exact) mass is 202 g/mol. The summed E-state index contributed by atoms with van der Waals surface area (Å²) in [5.74, 6) is -0.940. The summed E-state index contributed by atoms with van der Waals surface area (Å²) in [4.78, 5) is 19.3. The Balaban J connectivity index is 2.74. The van der Waals surface area contributed by atoms with E-state index in [1.165, 1.54) is 0 Å². The van der Waals surface area contributed by atoms with E-state index in [0.29, 0.717) is 17.8 Å². The van der Waals surface area contributed by atoms with E-state index in [9.17, 15) is 4.79 Å². The van der Waals surface area contributed by atoms with E-state index in [2.05, 4.69) is 9.97 Å². The summed E-state index contributed by atoms with van der Waals surface area (Å²) in [6.45, 7) is 1.88. The van der Waals surface area contributed by atoms with E-state index in [1.807, 2.05) is 6.92 Å². The molecule has 0 saturated heterocycles. The number of pyridine rings is 2. The SMILES string of the molecule is CCc1nc2ncccc2cc1C(=O)O. The molecule has 2 aromatic heterocycles. The number of rotatable bonds is 2. The van der Waals surface area contributed by atoms with Crippen LogP contribution < -0.4 is 0 Å². The highest BCUT2D eigenvalue weighted by Gasteiger charge is 2.11. The Morgan fingerprint density at radius 3 is 3.00 bits per heavy atom. The molecular weight excluding hydrogens is 192 g/mol. The Bertz CT molecular complexity index is 523. The average Bonchev–Trinajstić information content (AvgIpc) is 2.27. The van der Waals surface area contributed by atoms with Gasteiger partial charge in [-0.05, 0) is 24.6 Å². The van der Waals surface area contributed by atoms with Gasteiger partial charge in [0.15, 0.2) is 5.65 Å². The summed E-state index contributed by atoms with van der Waals surface area (Å²) in [6.07, 6.45) is 2.24. The van der Waals surface area contributed by atoms with Crippen molar-refractivity contribution >= 4 is 17.0 Å². The van der Waals surface area contributed by atoms with E-state index in [1.54, 1.807) is 24.4 Å². The molecule has 2 heterocycles. The summed E-state index contributed by atoms with van der Waals surface area (Å²) in [6, 6.07) is 5.19. The van der Waals surface area contributed by atoms with Gasteiger partial charge in [0.2, 0.25) is 0 Å². The second-order valence-corrected chi connectivity index (χ2v) is 3.19. The molecule has 0 aliphatic heterocycles. The Kier molecular flexibility index (Phi) is 2.33. The average molecular weight is 202 g/mol. The van der Waals surface area contributed by atoms with Crippen LogP contribution in [0.1, 0.15) is 23.0 Å². The third kappa shape index (κ3) is 1.66. The number of aryl methyl sites for hydroxylation is 1. The van der Waals surface area contributed by atoms with Gasteiger partial charge in [-0.3, -0.25) is 0 Å². The fraction of sp³-hybridized carbons (Fsp3) is 0.182. The molecule has 1 N–H and O–H groups in total. The van der Waals surface area contributed by atoms with Crippen molar-refractivity contribution in [2.24, 2.45) is 0 Å². The van der Waals surface area contributed by atoms with Gasteiger partial charge >= 0.3 is 5.97 Å². The Morgan fingerprint density at radius 2 is 2.33 bits per heavy atom. The lowest BCUT2D eigenvalue weighted by atomic mass is 10.1. The molecule has 0 saturated carbocycles. The summed E-state index contributed by atoms with van der Waals surface area (Å²) < 4.78 is 0. The van der Waals surface area contributed by atoms with Gasteiger partial charge < -0.3 is 5.11 Å². The first-order chi connectivity index (χ1) is 7.22. The molecule has 76 valence electrons. The van der Waals surface area contributed by atoms with Crippen LogP contribution in [0.4, 0.5) is 0 Å². The molecule has 15 heavy (non-hydrogen) atoms. The molecule has 0 unspecified atom stereocenters. The highest BCUT2D eigenvalue weighted by molar-refractivity contribution is 5.93. The number of carbonyl (C=O) groups is 1. The van der Waals surface area contributed by atoms with E-state index < -0.39 is 5.97 Å². The first kappa shape index (κ1) is 9.58. The number of carboxylic acids is 1. The fourth-order valence-corrected chi connectivity index (χ4v) is 1.50. The maximum Gasteiger partial charge on any atom is 0.337 e. The van der Waals surface area contributed by atoms with Gasteiger partial charge in [0.1, 0.15) is 0 Å². The van der Waals surface area contributed by atoms with Crippen LogP contribution in [0.25, 0.3) is 11.0 Å². The minimum absolute atomic E-state index is 0.262. The summed E-state index contributed by atoms with van der Waals surface area (Å²) in [7, 11) is 0. The van der Waals surface area contributed by atoms with Crippen molar-refractivity contribution in [2.75, 3.05) is 0 Å². The van der Waals surface area contributed by atoms with Gasteiger partial charge in [0.05, 0.1) is 11.3 Å². The largest absolute Gasteiger partial charge is 0.478 e. The number of hydrogen-bond acceptors (Lipinski definition) is 3. The lowest BCUT2D eigenvalue weighted by Gasteiger charge is -2.04. The Morgan fingerprint density at radius 1 is 1.53 bits per heavy atom. The molecule has 4 nitrogen and oxygen atoms in total. The number of aromatic nitrogens is 2. The first-order valence-corrected chi connectivity index (χ1v) is 4.70. The Hall–Kier alpha value is -1.97. The van der Waals surface area contributed by atoms with E-state index in [0.717, 1.165) is 5.39 Å². The minimum Gasteiger partial charge on any atom is -0.478 e. The van der Waals surface area contributed by atoms with Crippen molar-refractivity contribution in [3.63, 3.8) is 0 Å². The van der Waals surface area contributed by atoms with Crippen molar-refractivity contribution in [3.8, 4) is 0 Å². The number of aromatic carboxylic acids is 1. The van der Waals surface area contributed by atoms with Crippen LogP contribution >= 0.6 is 0 Å². The summed E-state index contributed by atoms with van der Waals surface area (Å²) in [5, 5.41) is 9.75. The molecule has 0 radical (unpaired) electrons. The van der Waals surface area contributed by atoms with Gasteiger partial charge in [0.25, 0.3) is 0 Å². The fourth-order valence-electron chi connectivity index (χ4n) is 1.50. The van der Waals surface area contributed by atoms with E-state index >= 15 is 0 Å². The molecular formula is C11H10N2O2. The number of fused-ring (bicyclic) bond motifs is 1. The van der Waals surface area contributed by atoms with Gasteiger partial charge in [-0.2, -0.15) is 0 Å². The maximum atomic E-state index is 11.0. The highest BCUT2D eigenvalue weighted by atomic mass is 16.4. The van der Waals surface area contributed by atoms with Gasteiger partial charge in [-0.15, -0.1) is 0 Å². The summed E-state index contributed by atoms with van der Waals surface area (Å²) >= 11 is 0. The summed E-state index contributed by atoms with van der Waals surface area (Å²) in [5.41, 5.74) is 1.44. The molecule has 0 aromatic carbocycles. The third-order valence-electron chi connectivity index (χ3n) is 2.23. The Labute approximate surface area is 86.6 Å². The van der Waals surface area contributed by atoms with Crippen LogP contribution in [0.5, 0.6) is 0 Å². The normalized spacial score (nSPS) is 10.5. The van der Waals surface area contributed by atoms with E-state index in [-0.39, 0.29) is 5.56 Å². The predicted octanol–water partition coefficient (Wildman–Crippen LogP) is 1.89. The quantitative estimate of drug-likeness (QED) is 0.807. The molecule has 0 spiro atoms. The molecule has 4 heteroatoms. The van der Waals surface area contributed by atoms with Crippen LogP contribution in [0.2, 0.25) is 0 Å². The zero-order valence-electron chi connectivity index (χ0n) is 8.27. The van der Waals surface area contributed by atoms with Crippen LogP contribution in [0.3, 0.4) is 0 Å². The molecule has 0 aliphatic carbocycles. The van der Waals surface area contributed by atoms with Crippen molar-refractivity contribution in [2.45, 2.75) is 13.3 Å². The number of hydrogen-bond donors (Lipinski definition) is 1. The minimum atomic E-state index is -0.940. The molecule has 0 aliphatic rings. The molecule has 2 rings (SSSR count). The van der Waals surface area contributed by atoms with E-state index in [4.69, 9.17) is 5.11 Å². The molecule has 0 bridgehead atoms. The second-order valence-electron chi connectivity index (χ2n) is 3.19. The topological polar surface area (TPSA) is 63.1 Å². The number of nitrogens with zero attached hydrogens (tertiary/aromatic N) is 2. The predicted molar refractivity (Wildman–Crippen MR) is 55.9 cm³/mol. The molecule has 0 fully saturated rings. The van der Waals surface area contributed by atoms with Crippen LogP contribution in [0.15, 0.2) is 24.4 Å². The standard InChI is InChI=1S/C11H10N2O2/c1-2-9-8(11(14)15)6-7-4-3-5-12-10(7)13-9/h3-6H,2H2,1H3,(H,14,15). The third-order valence-corrected chi connectivity index (χ3v) is 2.23. The van der Waals surface area contributed by atoms with Gasteiger partial charge in [-0.1, -0.05) is 6.92 Å². The lowest BCUT2D eigenvalue weighted by Crippen LogP contribution is -2.04. The zero-order chi connectivity index (χ0) is 10.8. The first-order valence-electron chi connectivity index (χ1n) is 4.70. The number of carboxylic acid groups (broad SMARTS) is 1. The van der Waals surface area contributed by atoms with Crippen LogP contribution in [0, 0.1) is 0 Å². The van der Waals surface area contributed by atoms with Crippen molar-refractivity contribution in [3.05, 3.63) is 35.7 Å².